The van der Waals surface area contributed by atoms with Crippen LogP contribution in [0.4, 0.5) is 0 Å². The van der Waals surface area contributed by atoms with Crippen molar-refractivity contribution in [1.82, 2.24) is 0 Å². The number of Topliss-reactive ketones (excluding diaryl/α,β-unsaturated/α-hetero) is 1. The fourth-order valence-corrected chi connectivity index (χ4v) is 4.49. The van der Waals surface area contributed by atoms with E-state index in [0.717, 1.165) is 6.42 Å². The Labute approximate surface area is 245 Å². The predicted octanol–water partition coefficient (Wildman–Crippen LogP) is 4.79. The average Bonchev–Trinajstić information content (AvgIpc) is 2.92. The van der Waals surface area contributed by atoms with E-state index in [4.69, 9.17) is 18.9 Å². The number of aromatic hydroxyl groups is 2. The van der Waals surface area contributed by atoms with E-state index in [0.29, 0.717) is 65.3 Å². The topological polar surface area (TPSA) is 146 Å². The molecule has 2 aromatic carbocycles. The third-order valence-corrected chi connectivity index (χ3v) is 6.45. The van der Waals surface area contributed by atoms with Gasteiger partial charge in [0.25, 0.3) is 0 Å². The Kier molecular flexibility index (Phi) is 12.2. The Bertz CT molecular complexity index is 1270. The standard InChI is InChI=1S/C32H40O10/c1-32(2,3)42-27(36)12-5-7-14-40-16-18-41-17-15-39-13-6-4-10-24(33)21-19-23-29(26(35)20-21)31(38)28-22(30(23)37)9-8-11-25(28)34/h8-9,11,19-20,34-35H,4-7,10,12-18H2,1-3H3. The molecule has 42 heavy (non-hydrogen) atoms. The summed E-state index contributed by atoms with van der Waals surface area (Å²) in [5.41, 5.74) is -0.672. The maximum absolute atomic E-state index is 13.0. The number of rotatable bonds is 17. The molecule has 0 amide bonds. The quantitative estimate of drug-likeness (QED) is 0.129. The molecule has 0 radical (unpaired) electrons. The van der Waals surface area contributed by atoms with Crippen molar-refractivity contribution >= 4 is 23.3 Å². The van der Waals surface area contributed by atoms with Crippen molar-refractivity contribution in [3.05, 3.63) is 58.1 Å². The lowest BCUT2D eigenvalue weighted by atomic mass is 9.82. The lowest BCUT2D eigenvalue weighted by molar-refractivity contribution is -0.155. The summed E-state index contributed by atoms with van der Waals surface area (Å²) >= 11 is 0. The Hall–Kier alpha value is -3.60. The zero-order valence-electron chi connectivity index (χ0n) is 24.5. The van der Waals surface area contributed by atoms with E-state index < -0.39 is 22.9 Å². The van der Waals surface area contributed by atoms with Crippen molar-refractivity contribution in [2.24, 2.45) is 0 Å². The van der Waals surface area contributed by atoms with Crippen molar-refractivity contribution in [3.63, 3.8) is 0 Å². The first kappa shape index (κ1) is 32.9. The van der Waals surface area contributed by atoms with Gasteiger partial charge in [0.1, 0.15) is 17.1 Å². The molecule has 2 aromatic rings. The average molecular weight is 585 g/mol. The minimum Gasteiger partial charge on any atom is -0.507 e. The van der Waals surface area contributed by atoms with Gasteiger partial charge in [0.2, 0.25) is 5.78 Å². The first-order valence-corrected chi connectivity index (χ1v) is 14.3. The molecule has 0 saturated heterocycles. The molecule has 2 N–H and O–H groups in total. The number of phenolic OH excluding ortho intramolecular Hbond substituents is 2. The summed E-state index contributed by atoms with van der Waals surface area (Å²) in [5.74, 6) is -2.44. The van der Waals surface area contributed by atoms with Crippen LogP contribution in [0.25, 0.3) is 0 Å². The molecule has 10 heteroatoms. The van der Waals surface area contributed by atoms with E-state index in [1.54, 1.807) is 0 Å². The van der Waals surface area contributed by atoms with Crippen molar-refractivity contribution in [2.75, 3.05) is 39.6 Å². The number of fused-ring (bicyclic) bond motifs is 2. The van der Waals surface area contributed by atoms with E-state index in [-0.39, 0.29) is 51.7 Å². The number of esters is 1. The van der Waals surface area contributed by atoms with Gasteiger partial charge in [0.05, 0.1) is 37.6 Å². The van der Waals surface area contributed by atoms with Crippen molar-refractivity contribution in [1.29, 1.82) is 0 Å². The molecular weight excluding hydrogens is 544 g/mol. The normalized spacial score (nSPS) is 12.6. The fraction of sp³-hybridized carbons (Fsp3) is 0.500. The summed E-state index contributed by atoms with van der Waals surface area (Å²) in [6.07, 6.45) is 3.24. The van der Waals surface area contributed by atoms with Crippen molar-refractivity contribution in [3.8, 4) is 11.5 Å². The van der Waals surface area contributed by atoms with E-state index >= 15 is 0 Å². The van der Waals surface area contributed by atoms with Gasteiger partial charge in [0.15, 0.2) is 11.6 Å². The molecule has 228 valence electrons. The second-order valence-electron chi connectivity index (χ2n) is 11.0. The largest absolute Gasteiger partial charge is 0.507 e. The van der Waals surface area contributed by atoms with Crippen LogP contribution in [-0.2, 0) is 23.7 Å². The number of hydrogen-bond acceptors (Lipinski definition) is 10. The zero-order valence-corrected chi connectivity index (χ0v) is 24.5. The molecule has 3 rings (SSSR count). The van der Waals surface area contributed by atoms with Gasteiger partial charge >= 0.3 is 5.97 Å². The molecule has 0 aliphatic heterocycles. The van der Waals surface area contributed by atoms with Gasteiger partial charge < -0.3 is 29.2 Å². The van der Waals surface area contributed by atoms with Gasteiger partial charge in [0, 0.05) is 42.7 Å². The maximum atomic E-state index is 13.0. The number of ether oxygens (including phenoxy) is 4. The lowest BCUT2D eigenvalue weighted by Crippen LogP contribution is -2.23. The molecule has 0 atom stereocenters. The first-order valence-electron chi connectivity index (χ1n) is 14.3. The molecule has 0 bridgehead atoms. The van der Waals surface area contributed by atoms with E-state index in [1.807, 2.05) is 20.8 Å². The Morgan fingerprint density at radius 3 is 1.88 bits per heavy atom. The molecule has 10 nitrogen and oxygen atoms in total. The molecule has 0 aromatic heterocycles. The number of ketones is 3. The summed E-state index contributed by atoms with van der Waals surface area (Å²) in [6.45, 7) is 8.28. The minimum atomic E-state index is -0.657. The van der Waals surface area contributed by atoms with E-state index in [1.165, 1.54) is 30.3 Å². The second-order valence-corrected chi connectivity index (χ2v) is 11.0. The highest BCUT2D eigenvalue weighted by Gasteiger charge is 2.34. The number of unbranched alkanes of at least 4 members (excludes halogenated alkanes) is 2. The number of phenols is 2. The molecule has 0 saturated carbocycles. The maximum Gasteiger partial charge on any atom is 0.306 e. The first-order chi connectivity index (χ1) is 20.0. The van der Waals surface area contributed by atoms with Crippen LogP contribution < -0.4 is 0 Å². The van der Waals surface area contributed by atoms with Gasteiger partial charge in [-0.3, -0.25) is 19.2 Å². The van der Waals surface area contributed by atoms with Gasteiger partial charge in [-0.25, -0.2) is 0 Å². The number of benzene rings is 2. The van der Waals surface area contributed by atoms with Gasteiger partial charge in [-0.15, -0.1) is 0 Å². The molecule has 1 aliphatic carbocycles. The van der Waals surface area contributed by atoms with Crippen LogP contribution >= 0.6 is 0 Å². The van der Waals surface area contributed by atoms with E-state index in [2.05, 4.69) is 0 Å². The van der Waals surface area contributed by atoms with Gasteiger partial charge in [-0.05, 0) is 64.7 Å². The lowest BCUT2D eigenvalue weighted by Gasteiger charge is -2.20. The molecular formula is C32H40O10. The van der Waals surface area contributed by atoms with Crippen LogP contribution in [0.3, 0.4) is 0 Å². The highest BCUT2D eigenvalue weighted by Crippen LogP contribution is 2.37. The summed E-state index contributed by atoms with van der Waals surface area (Å²) in [7, 11) is 0. The van der Waals surface area contributed by atoms with Crippen LogP contribution in [0.2, 0.25) is 0 Å². The van der Waals surface area contributed by atoms with Gasteiger partial charge in [-0.2, -0.15) is 0 Å². The third kappa shape index (κ3) is 9.47. The van der Waals surface area contributed by atoms with Crippen LogP contribution in [0.15, 0.2) is 30.3 Å². The SMILES string of the molecule is CC(C)(C)OC(=O)CCCCOCCOCCOCCCCC(=O)c1cc(O)c2c(c1)C(=O)c1cccc(O)c1C2=O. The van der Waals surface area contributed by atoms with Crippen LogP contribution in [0.5, 0.6) is 11.5 Å². The summed E-state index contributed by atoms with van der Waals surface area (Å²) in [6, 6.07) is 6.73. The third-order valence-electron chi connectivity index (χ3n) is 6.45. The minimum absolute atomic E-state index is 0.0392. The Balaban J connectivity index is 1.25. The Morgan fingerprint density at radius 1 is 0.690 bits per heavy atom. The smallest absolute Gasteiger partial charge is 0.306 e. The fourth-order valence-electron chi connectivity index (χ4n) is 4.49. The van der Waals surface area contributed by atoms with Gasteiger partial charge in [-0.1, -0.05) is 12.1 Å². The summed E-state index contributed by atoms with van der Waals surface area (Å²) < 4.78 is 21.8. The monoisotopic (exact) mass is 584 g/mol. The Morgan fingerprint density at radius 2 is 1.26 bits per heavy atom. The van der Waals surface area contributed by atoms with Crippen LogP contribution in [0.1, 0.15) is 101 Å². The number of carbonyl (C=O) groups is 4. The van der Waals surface area contributed by atoms with Crippen LogP contribution in [-0.4, -0.2) is 78.8 Å². The van der Waals surface area contributed by atoms with Crippen molar-refractivity contribution < 1.29 is 48.3 Å². The molecule has 0 spiro atoms. The number of carbonyl (C=O) groups excluding carboxylic acids is 4. The summed E-state index contributed by atoms with van der Waals surface area (Å²) in [5, 5.41) is 20.5. The van der Waals surface area contributed by atoms with Crippen LogP contribution in [0, 0.1) is 0 Å². The zero-order chi connectivity index (χ0) is 30.7. The molecule has 1 aliphatic rings. The molecule has 0 unspecified atom stereocenters. The molecule has 0 fully saturated rings. The molecule has 0 heterocycles. The summed E-state index contributed by atoms with van der Waals surface area (Å²) in [4.78, 5) is 50.2. The predicted molar refractivity (Wildman–Crippen MR) is 153 cm³/mol. The van der Waals surface area contributed by atoms with E-state index in [9.17, 15) is 29.4 Å². The highest BCUT2D eigenvalue weighted by atomic mass is 16.6. The van der Waals surface area contributed by atoms with Crippen molar-refractivity contribution in [2.45, 2.75) is 64.9 Å². The second kappa shape index (κ2) is 15.6. The number of hydrogen-bond donors (Lipinski definition) is 2. The highest BCUT2D eigenvalue weighted by molar-refractivity contribution is 6.30.